The summed E-state index contributed by atoms with van der Waals surface area (Å²) in [7, 11) is 0. The number of ether oxygens (including phenoxy) is 2. The first-order valence-corrected chi connectivity index (χ1v) is 14.4. The van der Waals surface area contributed by atoms with Crippen LogP contribution in [0.2, 0.25) is 0 Å². The first kappa shape index (κ1) is 24.3. The number of rotatable bonds is 0. The molecule has 2 N–H and O–H groups in total. The summed E-state index contributed by atoms with van der Waals surface area (Å²) in [5.41, 5.74) is -0.794. The Labute approximate surface area is 218 Å². The Morgan fingerprint density at radius 3 is 2.14 bits per heavy atom. The van der Waals surface area contributed by atoms with E-state index in [4.69, 9.17) is 9.47 Å². The van der Waals surface area contributed by atoms with Crippen LogP contribution in [-0.4, -0.2) is 51.3 Å². The fraction of sp³-hybridized carbons (Fsp3) is 0.833. The highest BCUT2D eigenvalue weighted by molar-refractivity contribution is 5.91. The summed E-state index contributed by atoms with van der Waals surface area (Å²) in [6.45, 7) is 11.7. The maximum Gasteiger partial charge on any atom is 0.309 e. The summed E-state index contributed by atoms with van der Waals surface area (Å²) in [6.07, 6.45) is 1.59. The molecule has 0 aromatic rings. The Morgan fingerprint density at radius 1 is 0.838 bits per heavy atom. The zero-order valence-electron chi connectivity index (χ0n) is 22.7. The lowest BCUT2D eigenvalue weighted by Crippen LogP contribution is -2.54. The molecule has 202 valence electrons. The van der Waals surface area contributed by atoms with Gasteiger partial charge in [-0.15, -0.1) is 0 Å². The van der Waals surface area contributed by atoms with Gasteiger partial charge in [0.1, 0.15) is 18.0 Å². The first-order valence-electron chi connectivity index (χ1n) is 14.4. The van der Waals surface area contributed by atoms with Gasteiger partial charge in [-0.25, -0.2) is 0 Å². The average Bonchev–Trinajstić information content (AvgIpc) is 3.50. The van der Waals surface area contributed by atoms with Gasteiger partial charge in [0.05, 0.1) is 23.0 Å². The topological polar surface area (TPSA) is 110 Å². The number of fused-ring (bicyclic) bond motifs is 7. The minimum absolute atomic E-state index is 0.00106. The fourth-order valence-electron chi connectivity index (χ4n) is 11.4. The van der Waals surface area contributed by atoms with E-state index in [0.29, 0.717) is 25.7 Å². The van der Waals surface area contributed by atoms with Gasteiger partial charge in [0.2, 0.25) is 0 Å². The molecular formula is C30H40O7. The van der Waals surface area contributed by atoms with Gasteiger partial charge in [0.15, 0.2) is 0 Å². The van der Waals surface area contributed by atoms with Crippen LogP contribution in [0.5, 0.6) is 0 Å². The molecule has 2 bridgehead atoms. The van der Waals surface area contributed by atoms with E-state index in [1.807, 2.05) is 34.6 Å². The number of aliphatic hydroxyl groups is 2. The quantitative estimate of drug-likeness (QED) is 0.379. The van der Waals surface area contributed by atoms with E-state index in [-0.39, 0.29) is 77.1 Å². The first-order chi connectivity index (χ1) is 17.3. The lowest BCUT2D eigenvalue weighted by Gasteiger charge is -2.49. The molecule has 7 rings (SSSR count). The van der Waals surface area contributed by atoms with Crippen molar-refractivity contribution in [1.29, 1.82) is 0 Å². The third-order valence-electron chi connectivity index (χ3n) is 12.8. The van der Waals surface area contributed by atoms with E-state index >= 15 is 0 Å². The van der Waals surface area contributed by atoms with E-state index in [9.17, 15) is 24.6 Å². The molecule has 0 radical (unpaired) electrons. The van der Waals surface area contributed by atoms with Crippen LogP contribution in [0.4, 0.5) is 0 Å². The van der Waals surface area contributed by atoms with Crippen molar-refractivity contribution in [3.8, 4) is 0 Å². The number of Topliss-reactive ketones (excluding diaryl/α,β-unsaturated/α-hetero) is 1. The normalized spacial score (nSPS) is 59.7. The van der Waals surface area contributed by atoms with E-state index in [1.165, 1.54) is 0 Å². The molecule has 7 aliphatic rings. The summed E-state index contributed by atoms with van der Waals surface area (Å²) in [5.74, 6) is -2.64. The van der Waals surface area contributed by atoms with Crippen molar-refractivity contribution in [3.63, 3.8) is 0 Å². The van der Waals surface area contributed by atoms with Crippen LogP contribution in [0.25, 0.3) is 0 Å². The van der Waals surface area contributed by atoms with Gasteiger partial charge in [-0.2, -0.15) is 0 Å². The molecule has 4 saturated carbocycles. The van der Waals surface area contributed by atoms with Crippen LogP contribution in [0.15, 0.2) is 11.1 Å². The van der Waals surface area contributed by atoms with Crippen molar-refractivity contribution in [2.24, 2.45) is 64.6 Å². The van der Waals surface area contributed by atoms with Crippen molar-refractivity contribution >= 4 is 17.7 Å². The van der Waals surface area contributed by atoms with E-state index in [0.717, 1.165) is 11.1 Å². The van der Waals surface area contributed by atoms with Crippen LogP contribution in [-0.2, 0) is 23.9 Å². The molecule has 1 unspecified atom stereocenters. The molecule has 2 aliphatic heterocycles. The molecule has 0 aromatic heterocycles. The van der Waals surface area contributed by atoms with Gasteiger partial charge in [0.25, 0.3) is 0 Å². The van der Waals surface area contributed by atoms with Gasteiger partial charge >= 0.3 is 11.9 Å². The zero-order valence-corrected chi connectivity index (χ0v) is 22.7. The van der Waals surface area contributed by atoms with E-state index < -0.39 is 28.6 Å². The molecule has 2 saturated heterocycles. The van der Waals surface area contributed by atoms with E-state index in [1.54, 1.807) is 0 Å². The van der Waals surface area contributed by atoms with Gasteiger partial charge in [-0.05, 0) is 63.9 Å². The largest absolute Gasteiger partial charge is 0.461 e. The minimum Gasteiger partial charge on any atom is -0.461 e. The van der Waals surface area contributed by atoms with Crippen LogP contribution >= 0.6 is 0 Å². The highest BCUT2D eigenvalue weighted by Gasteiger charge is 2.83. The van der Waals surface area contributed by atoms with Gasteiger partial charge < -0.3 is 19.7 Å². The number of hydrogen-bond acceptors (Lipinski definition) is 7. The maximum atomic E-state index is 14.2. The number of hydrogen-bond donors (Lipinski definition) is 2. The highest BCUT2D eigenvalue weighted by Crippen LogP contribution is 2.79. The minimum atomic E-state index is -1.08. The summed E-state index contributed by atoms with van der Waals surface area (Å²) in [6, 6.07) is 0. The number of carbonyl (C=O) groups is 3. The second kappa shape index (κ2) is 7.07. The predicted molar refractivity (Wildman–Crippen MR) is 132 cm³/mol. The van der Waals surface area contributed by atoms with Crippen LogP contribution in [0.1, 0.15) is 67.2 Å². The van der Waals surface area contributed by atoms with E-state index in [2.05, 4.69) is 6.92 Å². The number of carbonyl (C=O) groups excluding carboxylic acids is 3. The molecule has 37 heavy (non-hydrogen) atoms. The molecule has 15 atom stereocenters. The number of allylic oxidation sites excluding steroid dienone is 1. The predicted octanol–water partition coefficient (Wildman–Crippen LogP) is 3.06. The molecule has 0 spiro atoms. The summed E-state index contributed by atoms with van der Waals surface area (Å²) < 4.78 is 12.3. The second-order valence-electron chi connectivity index (χ2n) is 14.2. The summed E-state index contributed by atoms with van der Waals surface area (Å²) in [5, 5.41) is 24.1. The Balaban J connectivity index is 1.49. The van der Waals surface area contributed by atoms with Gasteiger partial charge in [0, 0.05) is 40.9 Å². The molecule has 2 heterocycles. The molecule has 6 fully saturated rings. The third-order valence-corrected chi connectivity index (χ3v) is 12.8. The lowest BCUT2D eigenvalue weighted by molar-refractivity contribution is -0.162. The molecule has 0 amide bonds. The van der Waals surface area contributed by atoms with Crippen LogP contribution < -0.4 is 0 Å². The van der Waals surface area contributed by atoms with Crippen molar-refractivity contribution in [1.82, 2.24) is 0 Å². The van der Waals surface area contributed by atoms with Crippen LogP contribution in [0, 0.1) is 64.6 Å². The van der Waals surface area contributed by atoms with Gasteiger partial charge in [-0.3, -0.25) is 14.4 Å². The molecule has 0 aromatic carbocycles. The van der Waals surface area contributed by atoms with Crippen molar-refractivity contribution in [2.75, 3.05) is 0 Å². The summed E-state index contributed by atoms with van der Waals surface area (Å²) >= 11 is 0. The SMILES string of the molecule is CC1=C2[C@H]3OC(=O)[C@@H](C)[C@@H]3CC[C@](C)(O)[C@@H]2[C@H]2[C@H]3C(=O)C(C)[C@]4([C@@H]3[C@@](C)(O)CC[C@H]3[C@H](C)C(=O)O[C@@H]34)[C@@H]12. The van der Waals surface area contributed by atoms with Crippen molar-refractivity contribution in [3.05, 3.63) is 11.1 Å². The molecule has 5 aliphatic carbocycles. The second-order valence-corrected chi connectivity index (χ2v) is 14.2. The Bertz CT molecular complexity index is 1150. The highest BCUT2D eigenvalue weighted by atomic mass is 16.6. The van der Waals surface area contributed by atoms with Gasteiger partial charge in [-0.1, -0.05) is 26.3 Å². The average molecular weight is 513 g/mol. The Hall–Kier alpha value is -1.73. The van der Waals surface area contributed by atoms with Crippen molar-refractivity contribution in [2.45, 2.75) is 90.6 Å². The Kier molecular flexibility index (Phi) is 4.64. The smallest absolute Gasteiger partial charge is 0.309 e. The maximum absolute atomic E-state index is 14.2. The number of esters is 2. The van der Waals surface area contributed by atoms with Crippen molar-refractivity contribution < 1.29 is 34.1 Å². The monoisotopic (exact) mass is 512 g/mol. The molecule has 7 heteroatoms. The summed E-state index contributed by atoms with van der Waals surface area (Å²) in [4.78, 5) is 39.9. The third kappa shape index (κ3) is 2.55. The zero-order chi connectivity index (χ0) is 26.6. The Morgan fingerprint density at radius 2 is 1.43 bits per heavy atom. The lowest BCUT2D eigenvalue weighted by atomic mass is 9.56. The molecular weight excluding hydrogens is 472 g/mol. The van der Waals surface area contributed by atoms with Crippen LogP contribution in [0.3, 0.4) is 0 Å². The fourth-order valence-corrected chi connectivity index (χ4v) is 11.4. The molecule has 7 nitrogen and oxygen atoms in total. The number of ketones is 1. The standard InChI is InChI=1S/C30H40O7/c1-11-15-7-9-28(5,34)21-17(23(15)36-26(11)32)13(3)20-18(21)19-22(31)14(4)30(20)24(19)29(6,35)10-8-16-12(2)27(33)37-25(16)30/h11-12,14-16,18-21,23-25,34-35H,7-10H2,1-6H3/t11-,12-,14?,15-,16-,18-,19-,20-,21-,23-,24-,25-,28-,29-,30+/m0/s1.